The van der Waals surface area contributed by atoms with E-state index in [1.165, 1.54) is 6.07 Å². The monoisotopic (exact) mass is 251 g/mol. The molecule has 18 heavy (non-hydrogen) atoms. The number of benzene rings is 1. The number of carbonyl (C=O) groups is 1. The standard InChI is InChI=1S/C12H17N3O3/c1-8-5-4-6-9(15(17)18)10(8)14-7-12(2,3)11(13)16/h4-6,14H,7H2,1-3H3,(H2,13,16). The molecule has 0 unspecified atom stereocenters. The van der Waals surface area contributed by atoms with E-state index in [1.54, 1.807) is 32.9 Å². The van der Waals surface area contributed by atoms with Gasteiger partial charge in [-0.3, -0.25) is 14.9 Å². The zero-order valence-electron chi connectivity index (χ0n) is 10.7. The Hall–Kier alpha value is -2.11. The van der Waals surface area contributed by atoms with E-state index in [9.17, 15) is 14.9 Å². The highest BCUT2D eigenvalue weighted by Crippen LogP contribution is 2.28. The Morgan fingerprint density at radius 1 is 1.50 bits per heavy atom. The molecule has 3 N–H and O–H groups in total. The smallest absolute Gasteiger partial charge is 0.292 e. The molecule has 0 heterocycles. The van der Waals surface area contributed by atoms with Crippen molar-refractivity contribution in [3.8, 4) is 0 Å². The number of nitrogens with two attached hydrogens (primary N) is 1. The fourth-order valence-corrected chi connectivity index (χ4v) is 1.43. The predicted molar refractivity (Wildman–Crippen MR) is 69.3 cm³/mol. The Kier molecular flexibility index (Phi) is 3.90. The van der Waals surface area contributed by atoms with E-state index in [0.29, 0.717) is 5.69 Å². The summed E-state index contributed by atoms with van der Waals surface area (Å²) in [6.07, 6.45) is 0. The fourth-order valence-electron chi connectivity index (χ4n) is 1.43. The molecule has 0 aliphatic carbocycles. The lowest BCUT2D eigenvalue weighted by Crippen LogP contribution is -2.37. The molecule has 0 atom stereocenters. The maximum Gasteiger partial charge on any atom is 0.292 e. The molecule has 1 aromatic rings. The number of aryl methyl sites for hydroxylation is 1. The third-order valence-electron chi connectivity index (χ3n) is 2.82. The van der Waals surface area contributed by atoms with E-state index in [2.05, 4.69) is 5.32 Å². The summed E-state index contributed by atoms with van der Waals surface area (Å²) in [6, 6.07) is 4.82. The van der Waals surface area contributed by atoms with Crippen LogP contribution in [0.4, 0.5) is 11.4 Å². The van der Waals surface area contributed by atoms with Crippen molar-refractivity contribution in [1.29, 1.82) is 0 Å². The second kappa shape index (κ2) is 5.03. The van der Waals surface area contributed by atoms with Gasteiger partial charge >= 0.3 is 0 Å². The molecule has 1 amide bonds. The van der Waals surface area contributed by atoms with Crippen LogP contribution in [0, 0.1) is 22.5 Å². The highest BCUT2D eigenvalue weighted by atomic mass is 16.6. The molecule has 0 aliphatic heterocycles. The highest BCUT2D eigenvalue weighted by Gasteiger charge is 2.26. The number of nitrogens with one attached hydrogen (secondary N) is 1. The molecule has 0 bridgehead atoms. The average Bonchev–Trinajstić information content (AvgIpc) is 2.26. The number of nitro groups is 1. The van der Waals surface area contributed by atoms with Crippen LogP contribution in [0.25, 0.3) is 0 Å². The first-order valence-corrected chi connectivity index (χ1v) is 5.53. The number of carbonyl (C=O) groups excluding carboxylic acids is 1. The molecule has 6 heteroatoms. The summed E-state index contributed by atoms with van der Waals surface area (Å²) in [5, 5.41) is 13.8. The maximum atomic E-state index is 11.2. The normalized spacial score (nSPS) is 11.1. The van der Waals surface area contributed by atoms with Crippen LogP contribution in [0.15, 0.2) is 18.2 Å². The lowest BCUT2D eigenvalue weighted by atomic mass is 9.92. The Bertz CT molecular complexity index is 483. The first-order chi connectivity index (χ1) is 8.25. The summed E-state index contributed by atoms with van der Waals surface area (Å²) in [5.74, 6) is -0.453. The molecule has 0 aromatic heterocycles. The van der Waals surface area contributed by atoms with Crippen molar-refractivity contribution in [2.45, 2.75) is 20.8 Å². The minimum absolute atomic E-state index is 0.00438. The van der Waals surface area contributed by atoms with E-state index in [1.807, 2.05) is 0 Å². The summed E-state index contributed by atoms with van der Waals surface area (Å²) >= 11 is 0. The van der Waals surface area contributed by atoms with Crippen molar-refractivity contribution in [2.24, 2.45) is 11.1 Å². The highest BCUT2D eigenvalue weighted by molar-refractivity contribution is 5.81. The topological polar surface area (TPSA) is 98.3 Å². The van der Waals surface area contributed by atoms with E-state index < -0.39 is 16.2 Å². The Balaban J connectivity index is 2.98. The van der Waals surface area contributed by atoms with E-state index >= 15 is 0 Å². The molecule has 1 rings (SSSR count). The van der Waals surface area contributed by atoms with Crippen LogP contribution in [0.2, 0.25) is 0 Å². The van der Waals surface area contributed by atoms with Gasteiger partial charge in [-0.2, -0.15) is 0 Å². The van der Waals surface area contributed by atoms with Gasteiger partial charge in [-0.05, 0) is 26.3 Å². The van der Waals surface area contributed by atoms with Gasteiger partial charge in [0.2, 0.25) is 5.91 Å². The van der Waals surface area contributed by atoms with Crippen molar-refractivity contribution in [3.05, 3.63) is 33.9 Å². The molecule has 0 saturated carbocycles. The maximum absolute atomic E-state index is 11.2. The second-order valence-electron chi connectivity index (χ2n) is 4.83. The number of anilines is 1. The van der Waals surface area contributed by atoms with Gasteiger partial charge in [0.15, 0.2) is 0 Å². The number of nitrogens with zero attached hydrogens (tertiary/aromatic N) is 1. The Morgan fingerprint density at radius 2 is 2.11 bits per heavy atom. The summed E-state index contributed by atoms with van der Waals surface area (Å²) in [6.45, 7) is 5.39. The summed E-state index contributed by atoms with van der Waals surface area (Å²) in [7, 11) is 0. The molecule has 0 radical (unpaired) electrons. The second-order valence-corrected chi connectivity index (χ2v) is 4.83. The molecule has 6 nitrogen and oxygen atoms in total. The molecular formula is C12H17N3O3. The van der Waals surface area contributed by atoms with Crippen LogP contribution < -0.4 is 11.1 Å². The number of rotatable bonds is 5. The summed E-state index contributed by atoms with van der Waals surface area (Å²) < 4.78 is 0. The van der Waals surface area contributed by atoms with Crippen LogP contribution in [-0.4, -0.2) is 17.4 Å². The zero-order valence-corrected chi connectivity index (χ0v) is 10.7. The molecular weight excluding hydrogens is 234 g/mol. The summed E-state index contributed by atoms with van der Waals surface area (Å²) in [5.41, 5.74) is 5.67. The number of nitro benzene ring substituents is 1. The van der Waals surface area contributed by atoms with Crippen LogP contribution in [-0.2, 0) is 4.79 Å². The fraction of sp³-hybridized carbons (Fsp3) is 0.417. The Labute approximate surface area is 105 Å². The third kappa shape index (κ3) is 2.97. The van der Waals surface area contributed by atoms with Crippen LogP contribution >= 0.6 is 0 Å². The molecule has 98 valence electrons. The van der Waals surface area contributed by atoms with E-state index in [0.717, 1.165) is 5.56 Å². The van der Waals surface area contributed by atoms with Gasteiger partial charge in [0.1, 0.15) is 5.69 Å². The minimum atomic E-state index is -0.768. The lowest BCUT2D eigenvalue weighted by Gasteiger charge is -2.22. The SMILES string of the molecule is Cc1cccc([N+](=O)[O-])c1NCC(C)(C)C(N)=O. The van der Waals surface area contributed by atoms with Gasteiger partial charge in [-0.15, -0.1) is 0 Å². The molecule has 1 aromatic carbocycles. The van der Waals surface area contributed by atoms with Crippen LogP contribution in [0.1, 0.15) is 19.4 Å². The van der Waals surface area contributed by atoms with Crippen LogP contribution in [0.3, 0.4) is 0 Å². The zero-order chi connectivity index (χ0) is 13.9. The van der Waals surface area contributed by atoms with Crippen molar-refractivity contribution < 1.29 is 9.72 Å². The van der Waals surface area contributed by atoms with Gasteiger partial charge in [0.25, 0.3) is 5.69 Å². The third-order valence-corrected chi connectivity index (χ3v) is 2.82. The average molecular weight is 251 g/mol. The van der Waals surface area contributed by atoms with Crippen molar-refractivity contribution in [2.75, 3.05) is 11.9 Å². The van der Waals surface area contributed by atoms with Gasteiger partial charge in [0.05, 0.1) is 10.3 Å². The summed E-state index contributed by atoms with van der Waals surface area (Å²) in [4.78, 5) is 21.6. The largest absolute Gasteiger partial charge is 0.378 e. The number of para-hydroxylation sites is 1. The number of amides is 1. The minimum Gasteiger partial charge on any atom is -0.378 e. The van der Waals surface area contributed by atoms with Crippen LogP contribution in [0.5, 0.6) is 0 Å². The van der Waals surface area contributed by atoms with E-state index in [-0.39, 0.29) is 12.2 Å². The Morgan fingerprint density at radius 3 is 2.61 bits per heavy atom. The predicted octanol–water partition coefficient (Wildman–Crippen LogP) is 1.83. The molecule has 0 aliphatic rings. The number of primary amides is 1. The number of hydrogen-bond acceptors (Lipinski definition) is 4. The van der Waals surface area contributed by atoms with Gasteiger partial charge < -0.3 is 11.1 Å². The van der Waals surface area contributed by atoms with Gasteiger partial charge in [0, 0.05) is 12.6 Å². The molecule has 0 fully saturated rings. The van der Waals surface area contributed by atoms with E-state index in [4.69, 9.17) is 5.73 Å². The van der Waals surface area contributed by atoms with Crippen molar-refractivity contribution in [3.63, 3.8) is 0 Å². The molecule has 0 spiro atoms. The number of hydrogen-bond donors (Lipinski definition) is 2. The first kappa shape index (κ1) is 14.0. The first-order valence-electron chi connectivity index (χ1n) is 5.53. The quantitative estimate of drug-likeness (QED) is 0.616. The lowest BCUT2D eigenvalue weighted by molar-refractivity contribution is -0.384. The van der Waals surface area contributed by atoms with Gasteiger partial charge in [-0.25, -0.2) is 0 Å². The molecule has 0 saturated heterocycles. The van der Waals surface area contributed by atoms with Gasteiger partial charge in [-0.1, -0.05) is 12.1 Å². The van der Waals surface area contributed by atoms with Crippen molar-refractivity contribution in [1.82, 2.24) is 0 Å². The van der Waals surface area contributed by atoms with Crippen molar-refractivity contribution >= 4 is 17.3 Å².